The Morgan fingerprint density at radius 3 is 2.95 bits per heavy atom. The highest BCUT2D eigenvalue weighted by molar-refractivity contribution is 5.91. The van der Waals surface area contributed by atoms with Crippen LogP contribution in [0, 0.1) is 11.3 Å². The molecule has 0 saturated carbocycles. The Morgan fingerprint density at radius 1 is 1.35 bits per heavy atom. The van der Waals surface area contributed by atoms with Gasteiger partial charge < -0.3 is 14.1 Å². The van der Waals surface area contributed by atoms with E-state index in [1.54, 1.807) is 12.1 Å². The van der Waals surface area contributed by atoms with Gasteiger partial charge in [0.15, 0.2) is 0 Å². The Bertz CT molecular complexity index is 836. The van der Waals surface area contributed by atoms with Crippen molar-refractivity contribution < 1.29 is 14.3 Å². The minimum Gasteiger partial charge on any atom is -0.475 e. The van der Waals surface area contributed by atoms with Gasteiger partial charge in [-0.05, 0) is 35.9 Å². The van der Waals surface area contributed by atoms with Gasteiger partial charge in [0.1, 0.15) is 17.3 Å². The summed E-state index contributed by atoms with van der Waals surface area (Å²) in [6, 6.07) is 12.7. The van der Waals surface area contributed by atoms with Crippen LogP contribution in [0.15, 0.2) is 47.0 Å². The van der Waals surface area contributed by atoms with Crippen molar-refractivity contribution in [1.29, 1.82) is 5.26 Å². The standard InChI is InChI=1S/C15H10N2O3/c16-8-12-2-1-5-17(12)9-10-3-4-13-11(6-10)7-14(20-13)15(18)19/h1-7H,9H2,(H,18,19). The van der Waals surface area contributed by atoms with E-state index in [4.69, 9.17) is 14.8 Å². The molecule has 3 aromatic rings. The minimum absolute atomic E-state index is 0.0733. The number of hydrogen-bond donors (Lipinski definition) is 1. The van der Waals surface area contributed by atoms with E-state index in [1.165, 1.54) is 6.07 Å². The molecule has 0 saturated heterocycles. The van der Waals surface area contributed by atoms with Crippen molar-refractivity contribution >= 4 is 16.9 Å². The van der Waals surface area contributed by atoms with E-state index in [2.05, 4.69) is 6.07 Å². The summed E-state index contributed by atoms with van der Waals surface area (Å²) in [6.45, 7) is 0.555. The van der Waals surface area contributed by atoms with Crippen LogP contribution in [0.25, 0.3) is 11.0 Å². The molecule has 0 spiro atoms. The van der Waals surface area contributed by atoms with Gasteiger partial charge in [-0.1, -0.05) is 6.07 Å². The van der Waals surface area contributed by atoms with Crippen molar-refractivity contribution in [1.82, 2.24) is 4.57 Å². The van der Waals surface area contributed by atoms with Crippen LogP contribution in [0.4, 0.5) is 0 Å². The average molecular weight is 266 g/mol. The Balaban J connectivity index is 1.97. The molecule has 98 valence electrons. The number of rotatable bonds is 3. The Labute approximate surface area is 114 Å². The first-order valence-corrected chi connectivity index (χ1v) is 5.98. The van der Waals surface area contributed by atoms with E-state index in [9.17, 15) is 4.79 Å². The second-order valence-corrected chi connectivity index (χ2v) is 4.42. The second-order valence-electron chi connectivity index (χ2n) is 4.42. The molecule has 2 heterocycles. The van der Waals surface area contributed by atoms with E-state index in [0.29, 0.717) is 17.8 Å². The maximum Gasteiger partial charge on any atom is 0.371 e. The monoisotopic (exact) mass is 266 g/mol. The lowest BCUT2D eigenvalue weighted by molar-refractivity contribution is 0.0665. The molecular formula is C15H10N2O3. The number of furan rings is 1. The first-order valence-electron chi connectivity index (χ1n) is 5.98. The van der Waals surface area contributed by atoms with Crippen molar-refractivity contribution in [2.75, 3.05) is 0 Å². The number of nitrogens with zero attached hydrogens (tertiary/aromatic N) is 2. The van der Waals surface area contributed by atoms with E-state index in [0.717, 1.165) is 10.9 Å². The van der Waals surface area contributed by atoms with E-state index in [-0.39, 0.29) is 5.76 Å². The summed E-state index contributed by atoms with van der Waals surface area (Å²) in [5.74, 6) is -1.16. The van der Waals surface area contributed by atoms with Crippen molar-refractivity contribution in [3.05, 3.63) is 59.6 Å². The van der Waals surface area contributed by atoms with Gasteiger partial charge in [-0.2, -0.15) is 5.26 Å². The number of fused-ring (bicyclic) bond motifs is 1. The van der Waals surface area contributed by atoms with Crippen molar-refractivity contribution in [2.24, 2.45) is 0 Å². The van der Waals surface area contributed by atoms with E-state index < -0.39 is 5.97 Å². The molecule has 1 aromatic carbocycles. The van der Waals surface area contributed by atoms with E-state index in [1.807, 2.05) is 29.0 Å². The lowest BCUT2D eigenvalue weighted by atomic mass is 10.1. The molecule has 3 rings (SSSR count). The first-order chi connectivity index (χ1) is 9.67. The lowest BCUT2D eigenvalue weighted by Gasteiger charge is -2.04. The molecule has 0 aliphatic heterocycles. The predicted octanol–water partition coefficient (Wildman–Crippen LogP) is 2.85. The molecule has 0 aliphatic rings. The van der Waals surface area contributed by atoms with Gasteiger partial charge in [0.2, 0.25) is 5.76 Å². The van der Waals surface area contributed by atoms with Crippen molar-refractivity contribution in [3.63, 3.8) is 0 Å². The molecule has 0 bridgehead atoms. The lowest BCUT2D eigenvalue weighted by Crippen LogP contribution is -2.00. The highest BCUT2D eigenvalue weighted by atomic mass is 16.4. The number of nitriles is 1. The van der Waals surface area contributed by atoms with Crippen molar-refractivity contribution in [2.45, 2.75) is 6.54 Å². The number of carboxylic acid groups (broad SMARTS) is 1. The molecule has 0 radical (unpaired) electrons. The number of aromatic carboxylic acids is 1. The number of aromatic nitrogens is 1. The van der Waals surface area contributed by atoms with Crippen LogP contribution in [-0.4, -0.2) is 15.6 Å². The highest BCUT2D eigenvalue weighted by Gasteiger charge is 2.11. The minimum atomic E-state index is -1.08. The van der Waals surface area contributed by atoms with Crippen LogP contribution in [0.2, 0.25) is 0 Å². The van der Waals surface area contributed by atoms with Gasteiger partial charge in [0.05, 0.1) is 0 Å². The zero-order valence-electron chi connectivity index (χ0n) is 10.4. The average Bonchev–Trinajstić information content (AvgIpc) is 3.04. The van der Waals surface area contributed by atoms with Crippen LogP contribution in [0.5, 0.6) is 0 Å². The van der Waals surface area contributed by atoms with Crippen LogP contribution in [0.3, 0.4) is 0 Å². The van der Waals surface area contributed by atoms with Crippen LogP contribution >= 0.6 is 0 Å². The summed E-state index contributed by atoms with van der Waals surface area (Å²) >= 11 is 0. The number of benzene rings is 1. The summed E-state index contributed by atoms with van der Waals surface area (Å²) in [6.07, 6.45) is 1.83. The maximum atomic E-state index is 10.9. The SMILES string of the molecule is N#Cc1cccn1Cc1ccc2oc(C(=O)O)cc2c1. The Morgan fingerprint density at radius 2 is 2.20 bits per heavy atom. The fourth-order valence-corrected chi connectivity index (χ4v) is 2.15. The molecule has 1 N–H and O–H groups in total. The molecule has 5 heteroatoms. The number of carbonyl (C=O) groups is 1. The molecule has 20 heavy (non-hydrogen) atoms. The maximum absolute atomic E-state index is 10.9. The van der Waals surface area contributed by atoms with Gasteiger partial charge in [0.25, 0.3) is 0 Å². The Kier molecular flexibility index (Phi) is 2.77. The predicted molar refractivity (Wildman–Crippen MR) is 71.4 cm³/mol. The van der Waals surface area contributed by atoms with Crippen LogP contribution in [-0.2, 0) is 6.54 Å². The third-order valence-corrected chi connectivity index (χ3v) is 3.09. The number of carboxylic acids is 1. The van der Waals surface area contributed by atoms with E-state index >= 15 is 0 Å². The fourth-order valence-electron chi connectivity index (χ4n) is 2.15. The van der Waals surface area contributed by atoms with Gasteiger partial charge in [0, 0.05) is 18.1 Å². The van der Waals surface area contributed by atoms with Gasteiger partial charge in [-0.15, -0.1) is 0 Å². The molecule has 0 fully saturated rings. The second kappa shape index (κ2) is 4.59. The first kappa shape index (κ1) is 12.1. The summed E-state index contributed by atoms with van der Waals surface area (Å²) in [7, 11) is 0. The fraction of sp³-hybridized carbons (Fsp3) is 0.0667. The third kappa shape index (κ3) is 2.04. The third-order valence-electron chi connectivity index (χ3n) is 3.09. The molecule has 0 amide bonds. The topological polar surface area (TPSA) is 79.2 Å². The number of hydrogen-bond acceptors (Lipinski definition) is 3. The van der Waals surface area contributed by atoms with Crippen LogP contribution in [0.1, 0.15) is 21.8 Å². The molecule has 2 aromatic heterocycles. The van der Waals surface area contributed by atoms with Gasteiger partial charge in [-0.3, -0.25) is 0 Å². The van der Waals surface area contributed by atoms with Crippen molar-refractivity contribution in [3.8, 4) is 6.07 Å². The van der Waals surface area contributed by atoms with Crippen LogP contribution < -0.4 is 0 Å². The largest absolute Gasteiger partial charge is 0.475 e. The summed E-state index contributed by atoms with van der Waals surface area (Å²) in [4.78, 5) is 10.9. The molecule has 0 atom stereocenters. The molecular weight excluding hydrogens is 256 g/mol. The summed E-state index contributed by atoms with van der Waals surface area (Å²) < 4.78 is 7.04. The molecule has 0 unspecified atom stereocenters. The highest BCUT2D eigenvalue weighted by Crippen LogP contribution is 2.21. The zero-order valence-corrected chi connectivity index (χ0v) is 10.4. The molecule has 5 nitrogen and oxygen atoms in total. The smallest absolute Gasteiger partial charge is 0.371 e. The van der Waals surface area contributed by atoms with Gasteiger partial charge >= 0.3 is 5.97 Å². The van der Waals surface area contributed by atoms with Gasteiger partial charge in [-0.25, -0.2) is 4.79 Å². The zero-order chi connectivity index (χ0) is 14.1. The Hall–Kier alpha value is -3.00. The quantitative estimate of drug-likeness (QED) is 0.790. The normalized spacial score (nSPS) is 10.6. The summed E-state index contributed by atoms with van der Waals surface area (Å²) in [5, 5.41) is 18.6. The summed E-state index contributed by atoms with van der Waals surface area (Å²) in [5.41, 5.74) is 2.10. The molecule has 0 aliphatic carbocycles.